The maximum atomic E-state index is 13.8. The van der Waals surface area contributed by atoms with Gasteiger partial charge < -0.3 is 9.47 Å². The van der Waals surface area contributed by atoms with Crippen LogP contribution in [0.25, 0.3) is 0 Å². The van der Waals surface area contributed by atoms with Gasteiger partial charge in [0, 0.05) is 17.4 Å². The predicted molar refractivity (Wildman–Crippen MR) is 96.0 cm³/mol. The third-order valence-corrected chi connectivity index (χ3v) is 4.54. The lowest BCUT2D eigenvalue weighted by Crippen LogP contribution is -2.10. The second-order valence-electron chi connectivity index (χ2n) is 5.61. The van der Waals surface area contributed by atoms with Crippen molar-refractivity contribution in [3.05, 3.63) is 71.4 Å². The van der Waals surface area contributed by atoms with Crippen molar-refractivity contribution in [2.75, 3.05) is 7.11 Å². The van der Waals surface area contributed by atoms with E-state index in [2.05, 4.69) is 9.97 Å². The number of ether oxygens (including phenoxy) is 2. The van der Waals surface area contributed by atoms with Crippen LogP contribution < -0.4 is 9.47 Å². The Balaban J connectivity index is 1.92. The lowest BCUT2D eigenvalue weighted by Gasteiger charge is -2.13. The molecule has 0 bridgehead atoms. The van der Waals surface area contributed by atoms with Crippen LogP contribution in [0, 0.1) is 11.6 Å². The Bertz CT molecular complexity index is 994. The Labute approximate surface area is 166 Å². The molecule has 0 radical (unpaired) electrons. The zero-order valence-electron chi connectivity index (χ0n) is 14.8. The van der Waals surface area contributed by atoms with Crippen LogP contribution in [0.5, 0.6) is 17.4 Å². The van der Waals surface area contributed by atoms with E-state index in [1.807, 2.05) is 0 Å². The summed E-state index contributed by atoms with van der Waals surface area (Å²) in [6.45, 7) is 0. The third kappa shape index (κ3) is 5.14. The summed E-state index contributed by atoms with van der Waals surface area (Å²) in [6, 6.07) is 10.3. The van der Waals surface area contributed by atoms with E-state index >= 15 is 0 Å². The first-order valence-corrected chi connectivity index (χ1v) is 9.09. The standard InChI is InChI=1S/C19H13F5N2O2S/c1-27-14-7-2-3-8-15(14)28-17-9-16(19(22,23)24)25-18(26-17)29-10-11-12(20)5-4-6-13(11)21/h2-9H,10H2,1H3. The number of hydrogen-bond donors (Lipinski definition) is 0. The summed E-state index contributed by atoms with van der Waals surface area (Å²) in [5.74, 6) is -1.85. The summed E-state index contributed by atoms with van der Waals surface area (Å²) < 4.78 is 77.7. The van der Waals surface area contributed by atoms with Gasteiger partial charge in [0.2, 0.25) is 5.88 Å². The maximum Gasteiger partial charge on any atom is 0.433 e. The molecule has 29 heavy (non-hydrogen) atoms. The molecule has 0 aliphatic rings. The summed E-state index contributed by atoms with van der Waals surface area (Å²) in [4.78, 5) is 7.36. The SMILES string of the molecule is COc1ccccc1Oc1cc(C(F)(F)F)nc(SCc2c(F)cccc2F)n1. The van der Waals surface area contributed by atoms with Crippen molar-refractivity contribution in [1.82, 2.24) is 9.97 Å². The Kier molecular flexibility index (Phi) is 6.21. The minimum absolute atomic E-state index is 0.151. The van der Waals surface area contributed by atoms with Crippen molar-refractivity contribution < 1.29 is 31.4 Å². The average molecular weight is 428 g/mol. The molecular formula is C19H13F5N2O2S. The molecule has 0 spiro atoms. The fourth-order valence-electron chi connectivity index (χ4n) is 2.29. The number of hydrogen-bond acceptors (Lipinski definition) is 5. The van der Waals surface area contributed by atoms with Crippen LogP contribution in [-0.2, 0) is 11.9 Å². The van der Waals surface area contributed by atoms with Crippen LogP contribution in [0.3, 0.4) is 0 Å². The molecule has 4 nitrogen and oxygen atoms in total. The molecule has 1 heterocycles. The molecule has 0 atom stereocenters. The first-order valence-electron chi connectivity index (χ1n) is 8.11. The van der Waals surface area contributed by atoms with E-state index in [1.54, 1.807) is 18.2 Å². The molecule has 0 fully saturated rings. The zero-order chi connectivity index (χ0) is 21.0. The highest BCUT2D eigenvalue weighted by Gasteiger charge is 2.34. The molecule has 0 aliphatic carbocycles. The van der Waals surface area contributed by atoms with E-state index in [4.69, 9.17) is 9.47 Å². The molecule has 10 heteroatoms. The molecule has 0 saturated heterocycles. The van der Waals surface area contributed by atoms with Gasteiger partial charge in [-0.25, -0.2) is 13.8 Å². The number of rotatable bonds is 6. The van der Waals surface area contributed by atoms with Gasteiger partial charge in [0.25, 0.3) is 0 Å². The molecule has 0 N–H and O–H groups in total. The number of para-hydroxylation sites is 2. The van der Waals surface area contributed by atoms with Crippen molar-refractivity contribution in [2.45, 2.75) is 17.1 Å². The molecule has 0 unspecified atom stereocenters. The Hall–Kier alpha value is -2.88. The van der Waals surface area contributed by atoms with Gasteiger partial charge in [-0.2, -0.15) is 18.2 Å². The van der Waals surface area contributed by atoms with Gasteiger partial charge in [-0.05, 0) is 24.3 Å². The van der Waals surface area contributed by atoms with Crippen LogP contribution in [-0.4, -0.2) is 17.1 Å². The molecule has 2 aromatic carbocycles. The smallest absolute Gasteiger partial charge is 0.433 e. The normalized spacial score (nSPS) is 11.4. The number of nitrogens with zero attached hydrogens (tertiary/aromatic N) is 2. The number of benzene rings is 2. The number of aromatic nitrogens is 2. The van der Waals surface area contributed by atoms with Crippen molar-refractivity contribution in [3.63, 3.8) is 0 Å². The Morgan fingerprint density at radius 3 is 2.21 bits per heavy atom. The maximum absolute atomic E-state index is 13.8. The number of halogens is 5. The van der Waals surface area contributed by atoms with Gasteiger partial charge in [0.15, 0.2) is 22.3 Å². The van der Waals surface area contributed by atoms with Gasteiger partial charge in [-0.15, -0.1) is 0 Å². The fourth-order valence-corrected chi connectivity index (χ4v) is 3.16. The van der Waals surface area contributed by atoms with Crippen molar-refractivity contribution in [2.24, 2.45) is 0 Å². The highest BCUT2D eigenvalue weighted by atomic mass is 32.2. The fraction of sp³-hybridized carbons (Fsp3) is 0.158. The van der Waals surface area contributed by atoms with E-state index in [0.717, 1.165) is 12.1 Å². The molecule has 0 saturated carbocycles. The highest BCUT2D eigenvalue weighted by molar-refractivity contribution is 7.98. The summed E-state index contributed by atoms with van der Waals surface area (Å²) in [6.07, 6.45) is -4.76. The summed E-state index contributed by atoms with van der Waals surface area (Å²) in [5.41, 5.74) is -1.53. The summed E-state index contributed by atoms with van der Waals surface area (Å²) in [7, 11) is 1.38. The zero-order valence-corrected chi connectivity index (χ0v) is 15.7. The van der Waals surface area contributed by atoms with Crippen LogP contribution in [0.2, 0.25) is 0 Å². The quantitative estimate of drug-likeness (QED) is 0.279. The molecule has 1 aromatic heterocycles. The third-order valence-electron chi connectivity index (χ3n) is 3.66. The second-order valence-corrected chi connectivity index (χ2v) is 6.56. The number of methoxy groups -OCH3 is 1. The molecule has 3 rings (SSSR count). The molecule has 0 aliphatic heterocycles. The van der Waals surface area contributed by atoms with Crippen molar-refractivity contribution in [3.8, 4) is 17.4 Å². The van der Waals surface area contributed by atoms with Crippen molar-refractivity contribution in [1.29, 1.82) is 0 Å². The van der Waals surface area contributed by atoms with Crippen LogP contribution in [0.4, 0.5) is 22.0 Å². The minimum Gasteiger partial charge on any atom is -0.493 e. The summed E-state index contributed by atoms with van der Waals surface area (Å²) >= 11 is 0.653. The van der Waals surface area contributed by atoms with Crippen molar-refractivity contribution >= 4 is 11.8 Å². The number of thioether (sulfide) groups is 1. The summed E-state index contributed by atoms with van der Waals surface area (Å²) in [5, 5.41) is -0.340. The Morgan fingerprint density at radius 2 is 1.59 bits per heavy atom. The van der Waals surface area contributed by atoms with Gasteiger partial charge in [-0.1, -0.05) is 30.0 Å². The lowest BCUT2D eigenvalue weighted by atomic mass is 10.2. The number of alkyl halides is 3. The molecule has 0 amide bonds. The van der Waals surface area contributed by atoms with E-state index in [0.29, 0.717) is 23.6 Å². The molecule has 3 aromatic rings. The molecule has 152 valence electrons. The van der Waals surface area contributed by atoms with Gasteiger partial charge in [0.1, 0.15) is 11.6 Å². The van der Waals surface area contributed by atoms with Crippen LogP contribution in [0.15, 0.2) is 53.7 Å². The van der Waals surface area contributed by atoms with E-state index in [1.165, 1.54) is 19.2 Å². The first-order chi connectivity index (χ1) is 13.8. The highest BCUT2D eigenvalue weighted by Crippen LogP contribution is 2.35. The van der Waals surface area contributed by atoms with Crippen LogP contribution >= 0.6 is 11.8 Å². The Morgan fingerprint density at radius 1 is 0.931 bits per heavy atom. The average Bonchev–Trinajstić information content (AvgIpc) is 2.67. The van der Waals surface area contributed by atoms with Gasteiger partial charge in [0.05, 0.1) is 7.11 Å². The molecular weight excluding hydrogens is 415 g/mol. The van der Waals surface area contributed by atoms with E-state index in [9.17, 15) is 22.0 Å². The van der Waals surface area contributed by atoms with Crippen LogP contribution in [0.1, 0.15) is 11.3 Å². The second kappa shape index (κ2) is 8.64. The van der Waals surface area contributed by atoms with Gasteiger partial charge in [-0.3, -0.25) is 0 Å². The lowest BCUT2D eigenvalue weighted by molar-refractivity contribution is -0.141. The minimum atomic E-state index is -4.76. The van der Waals surface area contributed by atoms with E-state index < -0.39 is 23.5 Å². The van der Waals surface area contributed by atoms with Gasteiger partial charge >= 0.3 is 6.18 Å². The largest absolute Gasteiger partial charge is 0.493 e. The topological polar surface area (TPSA) is 44.2 Å². The monoisotopic (exact) mass is 428 g/mol. The van der Waals surface area contributed by atoms with E-state index in [-0.39, 0.29) is 28.1 Å². The predicted octanol–water partition coefficient (Wildman–Crippen LogP) is 5.87. The first kappa shape index (κ1) is 20.8.